The molecule has 0 aliphatic rings. The van der Waals surface area contributed by atoms with E-state index in [-0.39, 0.29) is 0 Å². The lowest BCUT2D eigenvalue weighted by molar-refractivity contribution is 1.28. The van der Waals surface area contributed by atoms with E-state index in [1.54, 1.807) is 0 Å². The minimum absolute atomic E-state index is 0.881. The number of hydrogen-bond acceptors (Lipinski definition) is 3. The highest BCUT2D eigenvalue weighted by atomic mass is 15.1. The predicted octanol–water partition coefficient (Wildman–Crippen LogP) is 14.1. The topological polar surface area (TPSA) is 29.0 Å². The van der Waals surface area contributed by atoms with Crippen LogP contribution in [0.15, 0.2) is 212 Å². The van der Waals surface area contributed by atoms with Crippen LogP contribution in [-0.4, -0.2) is 9.97 Å². The summed E-state index contributed by atoms with van der Waals surface area (Å²) in [6, 6.07) is 75.0. The molecule has 1 aromatic heterocycles. The van der Waals surface area contributed by atoms with Crippen LogP contribution in [0.3, 0.4) is 0 Å². The van der Waals surface area contributed by atoms with Crippen molar-refractivity contribution in [3.8, 4) is 44.8 Å². The molecule has 258 valence electrons. The molecule has 0 unspecified atom stereocenters. The molecule has 0 aliphatic carbocycles. The van der Waals surface area contributed by atoms with Crippen molar-refractivity contribution >= 4 is 49.6 Å². The van der Waals surface area contributed by atoms with E-state index in [0.717, 1.165) is 83.5 Å². The normalized spacial score (nSPS) is 11.3. The third-order valence-electron chi connectivity index (χ3n) is 10.4. The van der Waals surface area contributed by atoms with Crippen molar-refractivity contribution in [2.24, 2.45) is 0 Å². The van der Waals surface area contributed by atoms with Crippen LogP contribution in [0.25, 0.3) is 77.3 Å². The molecule has 0 radical (unpaired) electrons. The Balaban J connectivity index is 1.09. The number of aromatic nitrogens is 2. The number of para-hydroxylation sites is 3. The summed E-state index contributed by atoms with van der Waals surface area (Å²) >= 11 is 0. The van der Waals surface area contributed by atoms with Gasteiger partial charge < -0.3 is 4.90 Å². The molecule has 0 atom stereocenters. The Hall–Kier alpha value is -7.36. The van der Waals surface area contributed by atoms with Gasteiger partial charge in [0.05, 0.1) is 28.1 Å². The first-order valence-corrected chi connectivity index (χ1v) is 18.7. The quantitative estimate of drug-likeness (QED) is 0.155. The summed E-state index contributed by atoms with van der Waals surface area (Å²) in [7, 11) is 0. The maximum absolute atomic E-state index is 5.45. The second-order valence-electron chi connectivity index (χ2n) is 13.8. The van der Waals surface area contributed by atoms with Crippen molar-refractivity contribution in [3.05, 3.63) is 212 Å². The molecular formula is C52H35N3. The van der Waals surface area contributed by atoms with Crippen molar-refractivity contribution < 1.29 is 0 Å². The fourth-order valence-corrected chi connectivity index (χ4v) is 7.77. The van der Waals surface area contributed by atoms with Crippen molar-refractivity contribution in [1.29, 1.82) is 0 Å². The zero-order valence-electron chi connectivity index (χ0n) is 30.0. The summed E-state index contributed by atoms with van der Waals surface area (Å²) in [5, 5.41) is 4.60. The van der Waals surface area contributed by atoms with Gasteiger partial charge in [0, 0.05) is 33.5 Å². The first kappa shape index (κ1) is 32.3. The Morgan fingerprint density at radius 1 is 0.345 bits per heavy atom. The van der Waals surface area contributed by atoms with E-state index in [2.05, 4.69) is 205 Å². The van der Waals surface area contributed by atoms with Crippen molar-refractivity contribution in [1.82, 2.24) is 9.97 Å². The average molecular weight is 702 g/mol. The molecule has 0 saturated heterocycles. The molecule has 0 fully saturated rings. The van der Waals surface area contributed by atoms with Crippen molar-refractivity contribution in [2.45, 2.75) is 0 Å². The van der Waals surface area contributed by atoms with Crippen LogP contribution in [0.1, 0.15) is 0 Å². The van der Waals surface area contributed by atoms with Gasteiger partial charge in [-0.25, -0.2) is 9.97 Å². The largest absolute Gasteiger partial charge is 0.310 e. The summed E-state index contributed by atoms with van der Waals surface area (Å²) in [5.74, 6) is 0. The molecule has 0 aliphatic heterocycles. The van der Waals surface area contributed by atoms with Gasteiger partial charge in [-0.1, -0.05) is 170 Å². The monoisotopic (exact) mass is 701 g/mol. The third kappa shape index (κ3) is 5.98. The molecular weight excluding hydrogens is 667 g/mol. The minimum atomic E-state index is 0.881. The van der Waals surface area contributed by atoms with Crippen LogP contribution in [0.5, 0.6) is 0 Å². The van der Waals surface area contributed by atoms with Gasteiger partial charge in [-0.15, -0.1) is 0 Å². The molecule has 0 saturated carbocycles. The van der Waals surface area contributed by atoms with E-state index in [1.807, 2.05) is 12.1 Å². The molecule has 0 spiro atoms. The zero-order chi connectivity index (χ0) is 36.6. The number of hydrogen-bond donors (Lipinski definition) is 0. The van der Waals surface area contributed by atoms with Crippen LogP contribution < -0.4 is 4.90 Å². The van der Waals surface area contributed by atoms with Gasteiger partial charge in [0.15, 0.2) is 0 Å². The van der Waals surface area contributed by atoms with Crippen LogP contribution >= 0.6 is 0 Å². The Morgan fingerprint density at radius 2 is 0.836 bits per heavy atom. The lowest BCUT2D eigenvalue weighted by atomic mass is 9.94. The highest BCUT2D eigenvalue weighted by Crippen LogP contribution is 2.42. The maximum atomic E-state index is 5.45. The van der Waals surface area contributed by atoms with E-state index in [4.69, 9.17) is 9.97 Å². The van der Waals surface area contributed by atoms with Gasteiger partial charge in [0.2, 0.25) is 0 Å². The first-order valence-electron chi connectivity index (χ1n) is 18.7. The average Bonchev–Trinajstić information content (AvgIpc) is 3.27. The van der Waals surface area contributed by atoms with Gasteiger partial charge in [-0.3, -0.25) is 0 Å². The Labute approximate surface area is 320 Å². The highest BCUT2D eigenvalue weighted by Gasteiger charge is 2.18. The van der Waals surface area contributed by atoms with Crippen LogP contribution in [0.2, 0.25) is 0 Å². The molecule has 0 amide bonds. The fraction of sp³-hybridized carbons (Fsp3) is 0. The van der Waals surface area contributed by atoms with Gasteiger partial charge in [-0.05, 0) is 75.3 Å². The fourth-order valence-electron chi connectivity index (χ4n) is 7.77. The SMILES string of the molecule is c1ccc(-c2nc3ccc4ccc5ccc(-c6ccc(-c7ccccc7N(c7ccccc7)c7ccccc7)cc6)cc5c4c3nc2-c2ccccc2)cc1. The Kier molecular flexibility index (Phi) is 8.16. The highest BCUT2D eigenvalue weighted by molar-refractivity contribution is 6.19. The van der Waals surface area contributed by atoms with Gasteiger partial charge >= 0.3 is 0 Å². The van der Waals surface area contributed by atoms with Crippen molar-refractivity contribution in [2.75, 3.05) is 4.90 Å². The molecule has 3 heteroatoms. The lowest BCUT2D eigenvalue weighted by Crippen LogP contribution is -2.10. The lowest BCUT2D eigenvalue weighted by Gasteiger charge is -2.27. The standard InChI is InChI=1S/C52H35N3/c1-5-15-40(16-6-1)50-51(41-17-7-2-8-18-41)54-52-47(53-50)34-33-39-31-29-38-30-32-42(35-46(38)49(39)52)36-25-27-37(28-26-36)45-23-13-14-24-48(45)55(43-19-9-3-10-20-43)44-21-11-4-12-22-44/h1-35H. The number of nitrogens with zero attached hydrogens (tertiary/aromatic N) is 3. The molecule has 1 heterocycles. The number of fused-ring (bicyclic) bond motifs is 5. The smallest absolute Gasteiger partial charge is 0.0979 e. The third-order valence-corrected chi connectivity index (χ3v) is 10.4. The van der Waals surface area contributed by atoms with Crippen LogP contribution in [-0.2, 0) is 0 Å². The zero-order valence-corrected chi connectivity index (χ0v) is 30.0. The van der Waals surface area contributed by atoms with Gasteiger partial charge in [0.25, 0.3) is 0 Å². The molecule has 55 heavy (non-hydrogen) atoms. The van der Waals surface area contributed by atoms with Gasteiger partial charge in [-0.2, -0.15) is 0 Å². The summed E-state index contributed by atoms with van der Waals surface area (Å²) in [4.78, 5) is 13.1. The summed E-state index contributed by atoms with van der Waals surface area (Å²) in [6.07, 6.45) is 0. The minimum Gasteiger partial charge on any atom is -0.310 e. The second-order valence-corrected chi connectivity index (χ2v) is 13.8. The van der Waals surface area contributed by atoms with Gasteiger partial charge in [0.1, 0.15) is 0 Å². The number of rotatable bonds is 7. The summed E-state index contributed by atoms with van der Waals surface area (Å²) in [6.45, 7) is 0. The molecule has 3 nitrogen and oxygen atoms in total. The Morgan fingerprint density at radius 3 is 1.49 bits per heavy atom. The molecule has 0 bridgehead atoms. The predicted molar refractivity (Wildman–Crippen MR) is 231 cm³/mol. The molecule has 10 rings (SSSR count). The van der Waals surface area contributed by atoms with E-state index in [1.165, 1.54) is 10.9 Å². The first-order chi connectivity index (χ1) is 27.3. The van der Waals surface area contributed by atoms with Crippen molar-refractivity contribution in [3.63, 3.8) is 0 Å². The van der Waals surface area contributed by atoms with Crippen LogP contribution in [0.4, 0.5) is 17.1 Å². The van der Waals surface area contributed by atoms with E-state index in [9.17, 15) is 0 Å². The second kappa shape index (κ2) is 13.9. The van der Waals surface area contributed by atoms with E-state index >= 15 is 0 Å². The molecule has 10 aromatic rings. The summed E-state index contributed by atoms with van der Waals surface area (Å²) < 4.78 is 0. The molecule has 9 aromatic carbocycles. The number of benzene rings is 9. The number of anilines is 3. The maximum Gasteiger partial charge on any atom is 0.0979 e. The van der Waals surface area contributed by atoms with Crippen LogP contribution in [0, 0.1) is 0 Å². The summed E-state index contributed by atoms with van der Waals surface area (Å²) in [5.41, 5.74) is 13.7. The Bertz CT molecular complexity index is 2900. The van der Waals surface area contributed by atoms with E-state index in [0.29, 0.717) is 0 Å². The molecule has 0 N–H and O–H groups in total. The van der Waals surface area contributed by atoms with E-state index < -0.39 is 0 Å².